The Morgan fingerprint density at radius 1 is 0.607 bits per heavy atom. The zero-order valence-corrected chi connectivity index (χ0v) is 15.8. The topological polar surface area (TPSA) is 25.8 Å². The van der Waals surface area contributed by atoms with Crippen molar-refractivity contribution < 1.29 is 0 Å². The van der Waals surface area contributed by atoms with E-state index < -0.39 is 0 Å². The number of hydrogen-bond donors (Lipinski definition) is 0. The second kappa shape index (κ2) is 6.90. The molecule has 0 spiro atoms. The molecular formula is C26H20N2. The highest BCUT2D eigenvalue weighted by Crippen LogP contribution is 2.32. The predicted octanol–water partition coefficient (Wildman–Crippen LogP) is 6.68. The van der Waals surface area contributed by atoms with Gasteiger partial charge in [-0.25, -0.2) is 9.97 Å². The van der Waals surface area contributed by atoms with E-state index in [-0.39, 0.29) is 0 Å². The third-order valence-corrected chi connectivity index (χ3v) is 5.22. The van der Waals surface area contributed by atoms with Crippen molar-refractivity contribution >= 4 is 21.7 Å². The van der Waals surface area contributed by atoms with E-state index in [0.29, 0.717) is 0 Å². The summed E-state index contributed by atoms with van der Waals surface area (Å²) in [6.07, 6.45) is 0.825. The Bertz CT molecular complexity index is 1280. The third kappa shape index (κ3) is 2.84. The van der Waals surface area contributed by atoms with E-state index in [2.05, 4.69) is 90.8 Å². The maximum absolute atomic E-state index is 4.83. The lowest BCUT2D eigenvalue weighted by Gasteiger charge is -2.10. The van der Waals surface area contributed by atoms with E-state index in [9.17, 15) is 0 Å². The molecule has 0 N–H and O–H groups in total. The van der Waals surface area contributed by atoms with Crippen LogP contribution in [0.5, 0.6) is 0 Å². The molecule has 2 heteroatoms. The number of aromatic nitrogens is 2. The molecule has 0 unspecified atom stereocenters. The lowest BCUT2D eigenvalue weighted by Crippen LogP contribution is -1.97. The number of rotatable bonds is 3. The Morgan fingerprint density at radius 3 is 2.11 bits per heavy atom. The molecule has 0 radical (unpaired) electrons. The molecule has 0 amide bonds. The standard InChI is InChI=1S/C26H20N2/c1-2-25-27-24-13-6-5-11-23(24)26(28-25)20-16-14-19(15-17-20)22-12-7-9-18-8-3-4-10-21(18)22/h3-17H,2H2,1H3. The van der Waals surface area contributed by atoms with Crippen molar-refractivity contribution in [3.8, 4) is 22.4 Å². The molecule has 0 saturated heterocycles. The van der Waals surface area contributed by atoms with Gasteiger partial charge in [-0.15, -0.1) is 0 Å². The number of para-hydroxylation sites is 1. The molecule has 2 nitrogen and oxygen atoms in total. The van der Waals surface area contributed by atoms with Crippen molar-refractivity contribution in [3.63, 3.8) is 0 Å². The van der Waals surface area contributed by atoms with Crippen molar-refractivity contribution in [2.45, 2.75) is 13.3 Å². The number of hydrogen-bond acceptors (Lipinski definition) is 2. The van der Waals surface area contributed by atoms with Crippen LogP contribution in [0.2, 0.25) is 0 Å². The van der Waals surface area contributed by atoms with Crippen LogP contribution in [0.15, 0.2) is 91.0 Å². The molecule has 1 heterocycles. The second-order valence-corrected chi connectivity index (χ2v) is 6.96. The highest BCUT2D eigenvalue weighted by Gasteiger charge is 2.10. The van der Waals surface area contributed by atoms with Crippen molar-refractivity contribution in [2.24, 2.45) is 0 Å². The van der Waals surface area contributed by atoms with Crippen LogP contribution in [0.1, 0.15) is 12.7 Å². The first-order chi connectivity index (χ1) is 13.8. The van der Waals surface area contributed by atoms with Gasteiger partial charge in [0.2, 0.25) is 0 Å². The maximum atomic E-state index is 4.83. The minimum absolute atomic E-state index is 0.825. The fraction of sp³-hybridized carbons (Fsp3) is 0.0769. The lowest BCUT2D eigenvalue weighted by atomic mass is 9.96. The van der Waals surface area contributed by atoms with Gasteiger partial charge in [-0.3, -0.25) is 0 Å². The van der Waals surface area contributed by atoms with Gasteiger partial charge in [-0.05, 0) is 28.0 Å². The zero-order chi connectivity index (χ0) is 18.9. The molecule has 5 rings (SSSR count). The quantitative estimate of drug-likeness (QED) is 0.359. The van der Waals surface area contributed by atoms with Crippen LogP contribution in [0.4, 0.5) is 0 Å². The average Bonchev–Trinajstić information content (AvgIpc) is 2.78. The van der Waals surface area contributed by atoms with E-state index in [0.717, 1.165) is 34.4 Å². The first-order valence-corrected chi connectivity index (χ1v) is 9.68. The lowest BCUT2D eigenvalue weighted by molar-refractivity contribution is 0.964. The van der Waals surface area contributed by atoms with Crippen molar-refractivity contribution in [3.05, 3.63) is 96.8 Å². The average molecular weight is 360 g/mol. The fourth-order valence-electron chi connectivity index (χ4n) is 3.79. The van der Waals surface area contributed by atoms with Crippen LogP contribution in [-0.2, 0) is 6.42 Å². The smallest absolute Gasteiger partial charge is 0.129 e. The predicted molar refractivity (Wildman–Crippen MR) is 117 cm³/mol. The molecular weight excluding hydrogens is 340 g/mol. The molecule has 0 aliphatic heterocycles. The third-order valence-electron chi connectivity index (χ3n) is 5.22. The summed E-state index contributed by atoms with van der Waals surface area (Å²) in [5.41, 5.74) is 5.60. The van der Waals surface area contributed by atoms with Crippen molar-refractivity contribution in [1.29, 1.82) is 0 Å². The molecule has 0 atom stereocenters. The largest absolute Gasteiger partial charge is 0.233 e. The molecule has 28 heavy (non-hydrogen) atoms. The van der Waals surface area contributed by atoms with Gasteiger partial charge in [0, 0.05) is 17.4 Å². The van der Waals surface area contributed by atoms with Crippen LogP contribution in [-0.4, -0.2) is 9.97 Å². The van der Waals surface area contributed by atoms with E-state index in [1.165, 1.54) is 21.9 Å². The summed E-state index contributed by atoms with van der Waals surface area (Å²) in [4.78, 5) is 9.50. The number of fused-ring (bicyclic) bond motifs is 2. The van der Waals surface area contributed by atoms with E-state index in [1.54, 1.807) is 0 Å². The van der Waals surface area contributed by atoms with Gasteiger partial charge < -0.3 is 0 Å². The Labute approximate surface area is 164 Å². The van der Waals surface area contributed by atoms with E-state index in [1.807, 2.05) is 12.1 Å². The van der Waals surface area contributed by atoms with E-state index in [4.69, 9.17) is 4.98 Å². The summed E-state index contributed by atoms with van der Waals surface area (Å²) in [6, 6.07) is 32.0. The minimum Gasteiger partial charge on any atom is -0.233 e. The Hall–Kier alpha value is -3.52. The molecule has 134 valence electrons. The minimum atomic E-state index is 0.825. The second-order valence-electron chi connectivity index (χ2n) is 6.96. The molecule has 0 aliphatic carbocycles. The summed E-state index contributed by atoms with van der Waals surface area (Å²) in [7, 11) is 0. The SMILES string of the molecule is CCc1nc(-c2ccc(-c3cccc4ccccc34)cc2)c2ccccc2n1. The van der Waals surface area contributed by atoms with Gasteiger partial charge in [0.1, 0.15) is 5.82 Å². The summed E-state index contributed by atoms with van der Waals surface area (Å²) in [5, 5.41) is 3.63. The maximum Gasteiger partial charge on any atom is 0.129 e. The zero-order valence-electron chi connectivity index (χ0n) is 15.8. The van der Waals surface area contributed by atoms with Crippen LogP contribution in [0.25, 0.3) is 44.1 Å². The van der Waals surface area contributed by atoms with Crippen LogP contribution < -0.4 is 0 Å². The number of benzene rings is 4. The highest BCUT2D eigenvalue weighted by atomic mass is 14.9. The van der Waals surface area contributed by atoms with Gasteiger partial charge in [0.05, 0.1) is 11.2 Å². The molecule has 0 fully saturated rings. The van der Waals surface area contributed by atoms with Gasteiger partial charge >= 0.3 is 0 Å². The monoisotopic (exact) mass is 360 g/mol. The van der Waals surface area contributed by atoms with Gasteiger partial charge in [-0.2, -0.15) is 0 Å². The van der Waals surface area contributed by atoms with Crippen molar-refractivity contribution in [1.82, 2.24) is 9.97 Å². The molecule has 0 bridgehead atoms. The van der Waals surface area contributed by atoms with Gasteiger partial charge in [-0.1, -0.05) is 91.9 Å². The van der Waals surface area contributed by atoms with Crippen molar-refractivity contribution in [2.75, 3.05) is 0 Å². The molecule has 0 aliphatic rings. The van der Waals surface area contributed by atoms with Gasteiger partial charge in [0.25, 0.3) is 0 Å². The Morgan fingerprint density at radius 2 is 1.29 bits per heavy atom. The van der Waals surface area contributed by atoms with Crippen LogP contribution in [0, 0.1) is 0 Å². The van der Waals surface area contributed by atoms with Crippen LogP contribution in [0.3, 0.4) is 0 Å². The first kappa shape index (κ1) is 16.6. The Balaban J connectivity index is 1.64. The molecule has 1 aromatic heterocycles. The summed E-state index contributed by atoms with van der Waals surface area (Å²) in [6.45, 7) is 2.09. The molecule has 0 saturated carbocycles. The number of nitrogens with zero attached hydrogens (tertiary/aromatic N) is 2. The Kier molecular flexibility index (Phi) is 4.10. The van der Waals surface area contributed by atoms with E-state index >= 15 is 0 Å². The summed E-state index contributed by atoms with van der Waals surface area (Å²) < 4.78 is 0. The summed E-state index contributed by atoms with van der Waals surface area (Å²) in [5.74, 6) is 0.881. The summed E-state index contributed by atoms with van der Waals surface area (Å²) >= 11 is 0. The highest BCUT2D eigenvalue weighted by molar-refractivity contribution is 5.97. The first-order valence-electron chi connectivity index (χ1n) is 9.68. The normalized spacial score (nSPS) is 11.2. The number of aryl methyl sites for hydroxylation is 1. The van der Waals surface area contributed by atoms with Crippen LogP contribution >= 0.6 is 0 Å². The molecule has 5 aromatic rings. The fourth-order valence-corrected chi connectivity index (χ4v) is 3.79. The molecule has 4 aromatic carbocycles. The van der Waals surface area contributed by atoms with Gasteiger partial charge in [0.15, 0.2) is 0 Å².